The number of ether oxygens (including phenoxy) is 1. The lowest BCUT2D eigenvalue weighted by atomic mass is 10.1. The maximum Gasteiger partial charge on any atom is 0.227 e. The first-order valence-corrected chi connectivity index (χ1v) is 7.62. The predicted molar refractivity (Wildman–Crippen MR) is 83.1 cm³/mol. The van der Waals surface area contributed by atoms with Crippen molar-refractivity contribution in [2.75, 3.05) is 20.2 Å². The molecule has 0 N–H and O–H groups in total. The van der Waals surface area contributed by atoms with E-state index >= 15 is 0 Å². The van der Waals surface area contributed by atoms with Crippen LogP contribution in [0.2, 0.25) is 0 Å². The second-order valence-electron chi connectivity index (χ2n) is 5.08. The van der Waals surface area contributed by atoms with Gasteiger partial charge >= 0.3 is 0 Å². The second-order valence-corrected chi connectivity index (χ2v) is 5.08. The Morgan fingerprint density at radius 1 is 1.10 bits per heavy atom. The number of benzene rings is 1. The van der Waals surface area contributed by atoms with Gasteiger partial charge in [0, 0.05) is 18.7 Å². The minimum absolute atomic E-state index is 0.205. The highest BCUT2D eigenvalue weighted by Gasteiger charge is 2.15. The monoisotopic (exact) mass is 277 g/mol. The van der Waals surface area contributed by atoms with E-state index in [1.54, 1.807) is 7.11 Å². The normalized spacial score (nSPS) is 10.3. The fourth-order valence-corrected chi connectivity index (χ4v) is 2.18. The minimum atomic E-state index is 0.205. The Bertz CT molecular complexity index is 396. The van der Waals surface area contributed by atoms with Gasteiger partial charge in [0.15, 0.2) is 0 Å². The molecule has 0 heterocycles. The summed E-state index contributed by atoms with van der Waals surface area (Å²) in [6, 6.07) is 7.76. The van der Waals surface area contributed by atoms with Crippen LogP contribution in [0.4, 0.5) is 0 Å². The number of rotatable bonds is 9. The second kappa shape index (κ2) is 9.40. The number of nitrogens with zero attached hydrogens (tertiary/aromatic N) is 1. The smallest absolute Gasteiger partial charge is 0.227 e. The maximum absolute atomic E-state index is 12.5. The van der Waals surface area contributed by atoms with Gasteiger partial charge in [0.2, 0.25) is 5.91 Å². The maximum atomic E-state index is 12.5. The molecule has 0 fully saturated rings. The van der Waals surface area contributed by atoms with E-state index in [4.69, 9.17) is 4.74 Å². The molecule has 20 heavy (non-hydrogen) atoms. The van der Waals surface area contributed by atoms with Gasteiger partial charge in [-0.15, -0.1) is 0 Å². The quantitative estimate of drug-likeness (QED) is 0.689. The first-order chi connectivity index (χ1) is 9.72. The molecule has 0 spiro atoms. The van der Waals surface area contributed by atoms with Crippen LogP contribution in [0.15, 0.2) is 24.3 Å². The molecule has 0 aliphatic carbocycles. The van der Waals surface area contributed by atoms with E-state index in [2.05, 4.69) is 13.8 Å². The number of para-hydroxylation sites is 1. The van der Waals surface area contributed by atoms with Crippen LogP contribution in [-0.2, 0) is 11.2 Å². The number of methoxy groups -OCH3 is 1. The van der Waals surface area contributed by atoms with Crippen molar-refractivity contribution in [2.24, 2.45) is 0 Å². The van der Waals surface area contributed by atoms with Crippen molar-refractivity contribution < 1.29 is 9.53 Å². The van der Waals surface area contributed by atoms with Gasteiger partial charge in [-0.2, -0.15) is 0 Å². The largest absolute Gasteiger partial charge is 0.496 e. The average molecular weight is 277 g/mol. The molecule has 1 amide bonds. The summed E-state index contributed by atoms with van der Waals surface area (Å²) in [6.45, 7) is 6.04. The lowest BCUT2D eigenvalue weighted by Gasteiger charge is -2.23. The van der Waals surface area contributed by atoms with E-state index in [1.807, 2.05) is 29.2 Å². The molecule has 1 aromatic rings. The molecule has 0 saturated heterocycles. The highest BCUT2D eigenvalue weighted by molar-refractivity contribution is 5.79. The van der Waals surface area contributed by atoms with Gasteiger partial charge in [0.25, 0.3) is 0 Å². The fraction of sp³-hybridized carbons (Fsp3) is 0.588. The van der Waals surface area contributed by atoms with Crippen LogP contribution < -0.4 is 4.74 Å². The molecule has 0 radical (unpaired) electrons. The van der Waals surface area contributed by atoms with Crippen LogP contribution in [0.5, 0.6) is 5.75 Å². The van der Waals surface area contributed by atoms with Crippen molar-refractivity contribution in [1.82, 2.24) is 4.90 Å². The third-order valence-corrected chi connectivity index (χ3v) is 3.45. The summed E-state index contributed by atoms with van der Waals surface area (Å²) in [5.74, 6) is 1.00. The molecular formula is C17H27NO2. The van der Waals surface area contributed by atoms with Crippen LogP contribution in [0.3, 0.4) is 0 Å². The highest BCUT2D eigenvalue weighted by Crippen LogP contribution is 2.18. The lowest BCUT2D eigenvalue weighted by molar-refractivity contribution is -0.130. The number of hydrogen-bond acceptors (Lipinski definition) is 2. The van der Waals surface area contributed by atoms with Gasteiger partial charge < -0.3 is 9.64 Å². The number of unbranched alkanes of at least 4 members (excludes halogenated alkanes) is 2. The van der Waals surface area contributed by atoms with Crippen LogP contribution in [0.1, 0.15) is 45.1 Å². The van der Waals surface area contributed by atoms with Crippen molar-refractivity contribution >= 4 is 5.91 Å². The number of carbonyl (C=O) groups is 1. The topological polar surface area (TPSA) is 29.5 Å². The summed E-state index contributed by atoms with van der Waals surface area (Å²) in [6.07, 6.45) is 4.80. The highest BCUT2D eigenvalue weighted by atomic mass is 16.5. The van der Waals surface area contributed by atoms with Crippen LogP contribution in [-0.4, -0.2) is 31.0 Å². The molecule has 0 aromatic heterocycles. The molecular weight excluding hydrogens is 250 g/mol. The first kappa shape index (κ1) is 16.5. The minimum Gasteiger partial charge on any atom is -0.496 e. The van der Waals surface area contributed by atoms with Gasteiger partial charge in [-0.1, -0.05) is 44.9 Å². The summed E-state index contributed by atoms with van der Waals surface area (Å²) >= 11 is 0. The van der Waals surface area contributed by atoms with Crippen LogP contribution >= 0.6 is 0 Å². The van der Waals surface area contributed by atoms with Crippen molar-refractivity contribution in [3.05, 3.63) is 29.8 Å². The zero-order valence-corrected chi connectivity index (χ0v) is 13.0. The predicted octanol–water partition coefficient (Wildman–Crippen LogP) is 3.67. The van der Waals surface area contributed by atoms with Gasteiger partial charge in [-0.25, -0.2) is 0 Å². The number of hydrogen-bond donors (Lipinski definition) is 0. The zero-order chi connectivity index (χ0) is 14.8. The summed E-state index contributed by atoms with van der Waals surface area (Å²) in [5.41, 5.74) is 0.970. The Hall–Kier alpha value is -1.51. The Kier molecular flexibility index (Phi) is 7.78. The summed E-state index contributed by atoms with van der Waals surface area (Å²) in [4.78, 5) is 14.5. The Morgan fingerprint density at radius 2 is 1.70 bits per heavy atom. The van der Waals surface area contributed by atoms with Gasteiger partial charge in [-0.3, -0.25) is 4.79 Å². The van der Waals surface area contributed by atoms with Crippen molar-refractivity contribution in [2.45, 2.75) is 46.0 Å². The molecule has 1 aromatic carbocycles. The third kappa shape index (κ3) is 5.24. The third-order valence-electron chi connectivity index (χ3n) is 3.45. The molecule has 0 aliphatic heterocycles. The van der Waals surface area contributed by atoms with Crippen LogP contribution in [0, 0.1) is 0 Å². The molecule has 0 atom stereocenters. The number of amides is 1. The summed E-state index contributed by atoms with van der Waals surface area (Å²) in [5, 5.41) is 0. The Balaban J connectivity index is 2.68. The Morgan fingerprint density at radius 3 is 2.25 bits per heavy atom. The summed E-state index contributed by atoms with van der Waals surface area (Å²) in [7, 11) is 1.65. The van der Waals surface area contributed by atoms with Crippen molar-refractivity contribution in [3.63, 3.8) is 0 Å². The number of carbonyl (C=O) groups excluding carboxylic acids is 1. The zero-order valence-electron chi connectivity index (χ0n) is 13.0. The van der Waals surface area contributed by atoms with E-state index in [1.165, 1.54) is 0 Å². The molecule has 112 valence electrons. The Labute approximate surface area is 122 Å². The molecule has 0 aliphatic rings. The SMILES string of the molecule is CCCCN(CCCC)C(=O)Cc1ccccc1OC. The van der Waals surface area contributed by atoms with E-state index < -0.39 is 0 Å². The van der Waals surface area contributed by atoms with E-state index in [-0.39, 0.29) is 5.91 Å². The summed E-state index contributed by atoms with van der Waals surface area (Å²) < 4.78 is 5.32. The van der Waals surface area contributed by atoms with E-state index in [9.17, 15) is 4.79 Å². The van der Waals surface area contributed by atoms with Crippen LogP contribution in [0.25, 0.3) is 0 Å². The average Bonchev–Trinajstić information content (AvgIpc) is 2.47. The van der Waals surface area contributed by atoms with E-state index in [0.29, 0.717) is 6.42 Å². The van der Waals surface area contributed by atoms with Gasteiger partial charge in [0.05, 0.1) is 13.5 Å². The standard InChI is InChI=1S/C17H27NO2/c1-4-6-12-18(13-7-5-2)17(19)14-15-10-8-9-11-16(15)20-3/h8-11H,4-7,12-14H2,1-3H3. The first-order valence-electron chi connectivity index (χ1n) is 7.62. The van der Waals surface area contributed by atoms with Gasteiger partial charge in [0.1, 0.15) is 5.75 Å². The van der Waals surface area contributed by atoms with Crippen molar-refractivity contribution in [1.29, 1.82) is 0 Å². The molecule has 3 heteroatoms. The molecule has 3 nitrogen and oxygen atoms in total. The van der Waals surface area contributed by atoms with E-state index in [0.717, 1.165) is 50.1 Å². The molecule has 0 bridgehead atoms. The fourth-order valence-electron chi connectivity index (χ4n) is 2.18. The molecule has 0 unspecified atom stereocenters. The lowest BCUT2D eigenvalue weighted by Crippen LogP contribution is -2.34. The van der Waals surface area contributed by atoms with Crippen molar-refractivity contribution in [3.8, 4) is 5.75 Å². The molecule has 1 rings (SSSR count). The molecule has 0 saturated carbocycles. The van der Waals surface area contributed by atoms with Gasteiger partial charge in [-0.05, 0) is 18.9 Å².